The maximum Gasteiger partial charge on any atom is 0.0628 e. The Morgan fingerprint density at radius 3 is 2.80 bits per heavy atom. The molecule has 0 amide bonds. The number of hydrogen-bond donors (Lipinski definition) is 1. The zero-order valence-corrected chi connectivity index (χ0v) is 9.77. The van der Waals surface area contributed by atoms with Gasteiger partial charge < -0.3 is 5.11 Å². The normalized spacial score (nSPS) is 30.4. The SMILES string of the molecule is Cn1nccc1[C@H]1CCC(C)(C)C[C@@H]1O. The molecule has 1 N–H and O–H groups in total. The van der Waals surface area contributed by atoms with Crippen molar-refractivity contribution in [3.63, 3.8) is 0 Å². The van der Waals surface area contributed by atoms with Crippen molar-refractivity contribution in [1.29, 1.82) is 0 Å². The molecule has 0 saturated heterocycles. The summed E-state index contributed by atoms with van der Waals surface area (Å²) in [5.74, 6) is 0.269. The highest BCUT2D eigenvalue weighted by molar-refractivity contribution is 5.11. The Morgan fingerprint density at radius 1 is 1.53 bits per heavy atom. The summed E-state index contributed by atoms with van der Waals surface area (Å²) in [6.07, 6.45) is 4.72. The molecule has 15 heavy (non-hydrogen) atoms. The summed E-state index contributed by atoms with van der Waals surface area (Å²) >= 11 is 0. The third-order valence-electron chi connectivity index (χ3n) is 3.60. The molecule has 0 spiro atoms. The lowest BCUT2D eigenvalue weighted by Gasteiger charge is -2.38. The van der Waals surface area contributed by atoms with E-state index in [1.54, 1.807) is 0 Å². The first-order valence-corrected chi connectivity index (χ1v) is 5.65. The number of nitrogens with zero attached hydrogens (tertiary/aromatic N) is 2. The number of rotatable bonds is 1. The first-order valence-electron chi connectivity index (χ1n) is 5.65. The van der Waals surface area contributed by atoms with Gasteiger partial charge in [-0.1, -0.05) is 13.8 Å². The third kappa shape index (κ3) is 2.07. The molecule has 1 saturated carbocycles. The molecule has 1 aliphatic carbocycles. The van der Waals surface area contributed by atoms with Crippen LogP contribution in [0.15, 0.2) is 12.3 Å². The van der Waals surface area contributed by atoms with E-state index in [2.05, 4.69) is 18.9 Å². The van der Waals surface area contributed by atoms with Crippen molar-refractivity contribution in [3.05, 3.63) is 18.0 Å². The van der Waals surface area contributed by atoms with Crippen molar-refractivity contribution < 1.29 is 5.11 Å². The molecule has 84 valence electrons. The van der Waals surface area contributed by atoms with E-state index in [4.69, 9.17) is 0 Å². The van der Waals surface area contributed by atoms with Crippen LogP contribution in [0.2, 0.25) is 0 Å². The number of hydrogen-bond acceptors (Lipinski definition) is 2. The molecule has 1 aliphatic rings. The quantitative estimate of drug-likeness (QED) is 0.767. The Hall–Kier alpha value is -0.830. The second kappa shape index (κ2) is 3.63. The molecule has 0 aromatic carbocycles. The summed E-state index contributed by atoms with van der Waals surface area (Å²) < 4.78 is 1.88. The molecule has 1 fully saturated rings. The van der Waals surface area contributed by atoms with Gasteiger partial charge in [0.2, 0.25) is 0 Å². The average molecular weight is 208 g/mol. The molecule has 0 bridgehead atoms. The molecule has 3 nitrogen and oxygen atoms in total. The van der Waals surface area contributed by atoms with Crippen LogP contribution >= 0.6 is 0 Å². The highest BCUT2D eigenvalue weighted by Crippen LogP contribution is 2.42. The van der Waals surface area contributed by atoms with Crippen molar-refractivity contribution >= 4 is 0 Å². The molecular weight excluding hydrogens is 188 g/mol. The minimum Gasteiger partial charge on any atom is -0.392 e. The van der Waals surface area contributed by atoms with Gasteiger partial charge in [-0.3, -0.25) is 4.68 Å². The zero-order valence-electron chi connectivity index (χ0n) is 9.77. The van der Waals surface area contributed by atoms with E-state index >= 15 is 0 Å². The van der Waals surface area contributed by atoms with Gasteiger partial charge in [0.1, 0.15) is 0 Å². The molecule has 1 aromatic rings. The van der Waals surface area contributed by atoms with E-state index in [9.17, 15) is 5.11 Å². The minimum atomic E-state index is -0.218. The highest BCUT2D eigenvalue weighted by Gasteiger charge is 2.35. The van der Waals surface area contributed by atoms with Crippen molar-refractivity contribution in [2.75, 3.05) is 0 Å². The maximum absolute atomic E-state index is 10.2. The summed E-state index contributed by atoms with van der Waals surface area (Å²) in [6, 6.07) is 2.02. The van der Waals surface area contributed by atoms with Gasteiger partial charge in [-0.25, -0.2) is 0 Å². The highest BCUT2D eigenvalue weighted by atomic mass is 16.3. The fourth-order valence-corrected chi connectivity index (χ4v) is 2.64. The van der Waals surface area contributed by atoms with Gasteiger partial charge in [0, 0.05) is 24.9 Å². The van der Waals surface area contributed by atoms with Crippen LogP contribution in [0.3, 0.4) is 0 Å². The molecule has 2 atom stereocenters. The fraction of sp³-hybridized carbons (Fsp3) is 0.750. The Bertz CT molecular complexity index is 343. The van der Waals surface area contributed by atoms with E-state index in [0.717, 1.165) is 18.5 Å². The molecule has 0 aliphatic heterocycles. The first-order chi connectivity index (χ1) is 6.99. The predicted octanol–water partition coefficient (Wildman–Crippen LogP) is 2.07. The summed E-state index contributed by atoms with van der Waals surface area (Å²) in [6.45, 7) is 4.46. The molecule has 1 heterocycles. The number of aromatic nitrogens is 2. The summed E-state index contributed by atoms with van der Waals surface area (Å²) in [7, 11) is 1.95. The Balaban J connectivity index is 2.16. The van der Waals surface area contributed by atoms with Gasteiger partial charge >= 0.3 is 0 Å². The van der Waals surface area contributed by atoms with Crippen molar-refractivity contribution in [1.82, 2.24) is 9.78 Å². The van der Waals surface area contributed by atoms with Crippen LogP contribution in [-0.2, 0) is 7.05 Å². The van der Waals surface area contributed by atoms with Crippen LogP contribution in [0.1, 0.15) is 44.7 Å². The third-order valence-corrected chi connectivity index (χ3v) is 3.60. The lowest BCUT2D eigenvalue weighted by atomic mass is 9.70. The minimum absolute atomic E-state index is 0.218. The van der Waals surface area contributed by atoms with Gasteiger partial charge in [-0.2, -0.15) is 5.10 Å². The van der Waals surface area contributed by atoms with Crippen LogP contribution in [0.25, 0.3) is 0 Å². The Labute approximate surface area is 91.1 Å². The van der Waals surface area contributed by atoms with E-state index in [0.29, 0.717) is 0 Å². The largest absolute Gasteiger partial charge is 0.392 e. The van der Waals surface area contributed by atoms with Gasteiger partial charge in [-0.15, -0.1) is 0 Å². The van der Waals surface area contributed by atoms with Gasteiger partial charge in [0.05, 0.1) is 6.10 Å². The van der Waals surface area contributed by atoms with Crippen LogP contribution < -0.4 is 0 Å². The molecule has 2 rings (SSSR count). The summed E-state index contributed by atoms with van der Waals surface area (Å²) in [5.41, 5.74) is 1.45. The molecule has 0 unspecified atom stereocenters. The van der Waals surface area contributed by atoms with E-state index in [-0.39, 0.29) is 17.4 Å². The molecule has 3 heteroatoms. The topological polar surface area (TPSA) is 38.0 Å². The molecule has 0 radical (unpaired) electrons. The van der Waals surface area contributed by atoms with Gasteiger partial charge in [-0.05, 0) is 30.7 Å². The second-order valence-corrected chi connectivity index (χ2v) is 5.46. The number of aryl methyl sites for hydroxylation is 1. The molecule has 1 aromatic heterocycles. The number of aliphatic hydroxyl groups is 1. The van der Waals surface area contributed by atoms with E-state index in [1.165, 1.54) is 6.42 Å². The number of aliphatic hydroxyl groups excluding tert-OH is 1. The fourth-order valence-electron chi connectivity index (χ4n) is 2.64. The predicted molar refractivity (Wildman–Crippen MR) is 59.6 cm³/mol. The van der Waals surface area contributed by atoms with Gasteiger partial charge in [0.25, 0.3) is 0 Å². The van der Waals surface area contributed by atoms with Crippen LogP contribution in [0, 0.1) is 5.41 Å². The molecular formula is C12H20N2O. The van der Waals surface area contributed by atoms with Crippen LogP contribution in [0.4, 0.5) is 0 Å². The Kier molecular flexibility index (Phi) is 2.59. The van der Waals surface area contributed by atoms with Crippen molar-refractivity contribution in [2.45, 2.75) is 45.1 Å². The maximum atomic E-state index is 10.2. The standard InChI is InChI=1S/C12H20N2O/c1-12(2)6-4-9(11(15)8-12)10-5-7-13-14(10)3/h5,7,9,11,15H,4,6,8H2,1-3H3/t9-,11+/m1/s1. The lowest BCUT2D eigenvalue weighted by Crippen LogP contribution is -2.33. The van der Waals surface area contributed by atoms with Crippen molar-refractivity contribution in [3.8, 4) is 0 Å². The monoisotopic (exact) mass is 208 g/mol. The zero-order chi connectivity index (χ0) is 11.1. The van der Waals surface area contributed by atoms with E-state index < -0.39 is 0 Å². The Morgan fingerprint density at radius 2 is 2.27 bits per heavy atom. The first kappa shape index (κ1) is 10.7. The lowest BCUT2D eigenvalue weighted by molar-refractivity contribution is 0.0436. The van der Waals surface area contributed by atoms with Crippen LogP contribution in [0.5, 0.6) is 0 Å². The smallest absolute Gasteiger partial charge is 0.0628 e. The summed E-state index contributed by atoms with van der Waals surface area (Å²) in [4.78, 5) is 0. The van der Waals surface area contributed by atoms with Gasteiger partial charge in [0.15, 0.2) is 0 Å². The van der Waals surface area contributed by atoms with Crippen molar-refractivity contribution in [2.24, 2.45) is 12.5 Å². The van der Waals surface area contributed by atoms with Crippen LogP contribution in [-0.4, -0.2) is 21.0 Å². The average Bonchev–Trinajstić information content (AvgIpc) is 2.50. The summed E-state index contributed by atoms with van der Waals surface area (Å²) in [5, 5.41) is 14.3. The second-order valence-electron chi connectivity index (χ2n) is 5.46. The van der Waals surface area contributed by atoms with E-state index in [1.807, 2.05) is 24.0 Å².